The van der Waals surface area contributed by atoms with Crippen LogP contribution in [0.15, 0.2) is 42.7 Å². The minimum atomic E-state index is -0.148. The van der Waals surface area contributed by atoms with Gasteiger partial charge in [-0.3, -0.25) is 14.5 Å². The number of hydrogen-bond acceptors (Lipinski definition) is 6. The molecule has 0 aliphatic carbocycles. The number of aromatic amines is 1. The van der Waals surface area contributed by atoms with E-state index in [4.69, 9.17) is 0 Å². The van der Waals surface area contributed by atoms with Crippen LogP contribution in [-0.2, 0) is 7.05 Å². The lowest BCUT2D eigenvalue weighted by molar-refractivity contribution is 0.103. The van der Waals surface area contributed by atoms with E-state index in [0.717, 1.165) is 53.9 Å². The Bertz CT molecular complexity index is 1310. The molecule has 4 aromatic rings. The number of hydrogen-bond donors (Lipinski definition) is 1. The quantitative estimate of drug-likeness (QED) is 0.476. The van der Waals surface area contributed by atoms with Crippen molar-refractivity contribution in [2.75, 3.05) is 32.1 Å². The minimum Gasteiger partial charge on any atom is -0.371 e. The minimum absolute atomic E-state index is 0.148. The predicted molar refractivity (Wildman–Crippen MR) is 130 cm³/mol. The number of ketones is 1. The lowest BCUT2D eigenvalue weighted by atomic mass is 10.0. The Labute approximate surface area is 193 Å². The van der Waals surface area contributed by atoms with Gasteiger partial charge in [0.05, 0.1) is 22.9 Å². The van der Waals surface area contributed by atoms with E-state index >= 15 is 0 Å². The molecule has 170 valence electrons. The Kier molecular flexibility index (Phi) is 5.46. The van der Waals surface area contributed by atoms with Gasteiger partial charge in [-0.05, 0) is 64.2 Å². The van der Waals surface area contributed by atoms with Crippen LogP contribution >= 0.6 is 0 Å². The number of nitrogens with zero attached hydrogens (tertiary/aromatic N) is 6. The molecule has 0 saturated carbocycles. The first-order valence-corrected chi connectivity index (χ1v) is 11.3. The Morgan fingerprint density at radius 3 is 2.64 bits per heavy atom. The lowest BCUT2D eigenvalue weighted by Crippen LogP contribution is -2.41. The van der Waals surface area contributed by atoms with E-state index in [1.54, 1.807) is 29.2 Å². The smallest absolute Gasteiger partial charge is 0.228 e. The Morgan fingerprint density at radius 2 is 1.94 bits per heavy atom. The maximum Gasteiger partial charge on any atom is 0.228 e. The van der Waals surface area contributed by atoms with Crippen LogP contribution in [0.25, 0.3) is 22.3 Å². The molecule has 1 aliphatic rings. The van der Waals surface area contributed by atoms with Crippen LogP contribution in [0.3, 0.4) is 0 Å². The van der Waals surface area contributed by atoms with Crippen molar-refractivity contribution >= 4 is 22.5 Å². The van der Waals surface area contributed by atoms with Crippen LogP contribution in [-0.4, -0.2) is 68.6 Å². The Hall–Kier alpha value is -3.52. The highest BCUT2D eigenvalue weighted by Crippen LogP contribution is 2.26. The van der Waals surface area contributed by atoms with Crippen LogP contribution in [0, 0.1) is 6.92 Å². The van der Waals surface area contributed by atoms with Crippen molar-refractivity contribution in [3.05, 3.63) is 59.8 Å². The predicted octanol–water partition coefficient (Wildman–Crippen LogP) is 3.43. The van der Waals surface area contributed by atoms with Gasteiger partial charge >= 0.3 is 0 Å². The molecule has 4 heterocycles. The molecule has 1 N–H and O–H groups in total. The van der Waals surface area contributed by atoms with Gasteiger partial charge < -0.3 is 14.8 Å². The molecule has 1 aliphatic heterocycles. The van der Waals surface area contributed by atoms with Crippen molar-refractivity contribution in [1.82, 2.24) is 29.6 Å². The van der Waals surface area contributed by atoms with Gasteiger partial charge in [0.25, 0.3) is 0 Å². The Balaban J connectivity index is 1.39. The molecule has 0 bridgehead atoms. The zero-order chi connectivity index (χ0) is 23.1. The van der Waals surface area contributed by atoms with E-state index < -0.39 is 0 Å². The molecule has 0 unspecified atom stereocenters. The van der Waals surface area contributed by atoms with Crippen LogP contribution in [0.1, 0.15) is 34.7 Å². The first-order chi connectivity index (χ1) is 15.9. The third kappa shape index (κ3) is 4.02. The van der Waals surface area contributed by atoms with Gasteiger partial charge in [-0.2, -0.15) is 5.10 Å². The molecule has 0 radical (unpaired) electrons. The second kappa shape index (κ2) is 8.44. The first-order valence-electron chi connectivity index (χ1n) is 11.3. The van der Waals surface area contributed by atoms with E-state index in [1.165, 1.54) is 5.69 Å². The maximum absolute atomic E-state index is 13.2. The third-order valence-electron chi connectivity index (χ3n) is 6.77. The SMILES string of the molecule is Cc1c(-c2cc(C(=O)c3nc4ccc(N5CCC(N(C)C)CC5)cc4[nH]3)ccn2)cnn1C. The van der Waals surface area contributed by atoms with E-state index in [-0.39, 0.29) is 5.78 Å². The fourth-order valence-electron chi connectivity index (χ4n) is 4.55. The maximum atomic E-state index is 13.2. The van der Waals surface area contributed by atoms with Gasteiger partial charge in [0, 0.05) is 54.9 Å². The molecule has 0 atom stereocenters. The number of pyridine rings is 1. The Morgan fingerprint density at radius 1 is 1.15 bits per heavy atom. The van der Waals surface area contributed by atoms with Gasteiger partial charge in [-0.1, -0.05) is 0 Å². The highest BCUT2D eigenvalue weighted by molar-refractivity contribution is 6.08. The molecule has 0 amide bonds. The zero-order valence-corrected chi connectivity index (χ0v) is 19.5. The van der Waals surface area contributed by atoms with Crippen molar-refractivity contribution in [3.8, 4) is 11.3 Å². The number of H-pyrrole nitrogens is 1. The summed E-state index contributed by atoms with van der Waals surface area (Å²) in [5, 5.41) is 4.28. The van der Waals surface area contributed by atoms with Gasteiger partial charge in [0.2, 0.25) is 5.78 Å². The second-order valence-electron chi connectivity index (χ2n) is 8.99. The molecular formula is C25H29N7O. The number of aryl methyl sites for hydroxylation is 1. The number of rotatable bonds is 5. The first kappa shape index (κ1) is 21.3. The fourth-order valence-corrected chi connectivity index (χ4v) is 4.55. The summed E-state index contributed by atoms with van der Waals surface area (Å²) >= 11 is 0. The molecule has 1 saturated heterocycles. The monoisotopic (exact) mass is 443 g/mol. The van der Waals surface area contributed by atoms with Crippen LogP contribution in [0.5, 0.6) is 0 Å². The summed E-state index contributed by atoms with van der Waals surface area (Å²) in [6.07, 6.45) is 5.74. The highest BCUT2D eigenvalue weighted by atomic mass is 16.1. The molecule has 5 rings (SSSR count). The number of benzene rings is 1. The molecular weight excluding hydrogens is 414 g/mol. The van der Waals surface area contributed by atoms with Crippen molar-refractivity contribution in [2.24, 2.45) is 7.05 Å². The van der Waals surface area contributed by atoms with E-state index in [9.17, 15) is 4.79 Å². The largest absolute Gasteiger partial charge is 0.371 e. The van der Waals surface area contributed by atoms with E-state index in [2.05, 4.69) is 56.1 Å². The van der Waals surface area contributed by atoms with Gasteiger partial charge in [-0.25, -0.2) is 4.98 Å². The number of carbonyl (C=O) groups excluding carboxylic acids is 1. The summed E-state index contributed by atoms with van der Waals surface area (Å²) in [5.41, 5.74) is 6.03. The average Bonchev–Trinajstić information content (AvgIpc) is 3.41. The number of aromatic nitrogens is 5. The number of carbonyl (C=O) groups is 1. The molecule has 1 aromatic carbocycles. The standard InChI is InChI=1S/C25H29N7O/c1-16-20(15-27-31(16)4)22-13-17(7-10-26-22)24(33)25-28-21-6-5-19(14-23(21)29-25)32-11-8-18(9-12-32)30(2)3/h5-7,10,13-15,18H,8-9,11-12H2,1-4H3,(H,28,29). The zero-order valence-electron chi connectivity index (χ0n) is 19.5. The summed E-state index contributed by atoms with van der Waals surface area (Å²) in [4.78, 5) is 30.2. The van der Waals surface area contributed by atoms with Crippen LogP contribution in [0.2, 0.25) is 0 Å². The third-order valence-corrected chi connectivity index (χ3v) is 6.77. The number of anilines is 1. The van der Waals surface area contributed by atoms with Crippen LogP contribution in [0.4, 0.5) is 5.69 Å². The van der Waals surface area contributed by atoms with Crippen molar-refractivity contribution < 1.29 is 4.79 Å². The number of nitrogens with one attached hydrogen (secondary N) is 1. The number of piperidine rings is 1. The molecule has 3 aromatic heterocycles. The number of imidazole rings is 1. The van der Waals surface area contributed by atoms with Crippen molar-refractivity contribution in [3.63, 3.8) is 0 Å². The molecule has 8 nitrogen and oxygen atoms in total. The fraction of sp³-hybridized carbons (Fsp3) is 0.360. The highest BCUT2D eigenvalue weighted by Gasteiger charge is 2.22. The summed E-state index contributed by atoms with van der Waals surface area (Å²) in [5.74, 6) is 0.193. The molecule has 0 spiro atoms. The van der Waals surface area contributed by atoms with Gasteiger partial charge in [0.15, 0.2) is 5.82 Å². The van der Waals surface area contributed by atoms with E-state index in [0.29, 0.717) is 17.4 Å². The molecule has 1 fully saturated rings. The lowest BCUT2D eigenvalue weighted by Gasteiger charge is -2.36. The topological polar surface area (TPSA) is 82.9 Å². The van der Waals surface area contributed by atoms with Crippen molar-refractivity contribution in [2.45, 2.75) is 25.8 Å². The molecule has 8 heteroatoms. The van der Waals surface area contributed by atoms with Gasteiger partial charge in [-0.15, -0.1) is 0 Å². The number of fused-ring (bicyclic) bond motifs is 1. The summed E-state index contributed by atoms with van der Waals surface area (Å²) in [6.45, 7) is 4.04. The summed E-state index contributed by atoms with van der Waals surface area (Å²) < 4.78 is 1.80. The van der Waals surface area contributed by atoms with Gasteiger partial charge in [0.1, 0.15) is 0 Å². The van der Waals surface area contributed by atoms with E-state index in [1.807, 2.05) is 20.0 Å². The summed E-state index contributed by atoms with van der Waals surface area (Å²) in [7, 11) is 6.19. The second-order valence-corrected chi connectivity index (χ2v) is 8.99. The van der Waals surface area contributed by atoms with Crippen molar-refractivity contribution in [1.29, 1.82) is 0 Å². The summed E-state index contributed by atoms with van der Waals surface area (Å²) in [6, 6.07) is 10.4. The average molecular weight is 444 g/mol. The normalized spacial score (nSPS) is 15.0. The van der Waals surface area contributed by atoms with Crippen LogP contribution < -0.4 is 4.90 Å². The molecule has 33 heavy (non-hydrogen) atoms.